The highest BCUT2D eigenvalue weighted by Gasteiger charge is 2.52. The molecule has 4 atom stereocenters. The Morgan fingerprint density at radius 1 is 0.898 bits per heavy atom. The number of phenols is 1. The molecule has 0 aromatic heterocycles. The molecule has 1 saturated heterocycles. The van der Waals surface area contributed by atoms with Crippen LogP contribution < -0.4 is 29.6 Å². The van der Waals surface area contributed by atoms with E-state index in [1.165, 1.54) is 19.8 Å². The quantitative estimate of drug-likeness (QED) is 0.172. The number of fused-ring (bicyclic) bond motifs is 3. The normalized spacial score (nSPS) is 20.3. The molecule has 49 heavy (non-hydrogen) atoms. The average Bonchev–Trinajstić information content (AvgIpc) is 3.74. The molecule has 1 amide bonds. The molecule has 2 heterocycles. The summed E-state index contributed by atoms with van der Waals surface area (Å²) in [4.78, 5) is 28.4. The van der Waals surface area contributed by atoms with E-state index in [0.717, 1.165) is 28.9 Å². The molecule has 1 fully saturated rings. The van der Waals surface area contributed by atoms with Crippen LogP contribution in [0.2, 0.25) is 0 Å². The predicted octanol–water partition coefficient (Wildman–Crippen LogP) is 5.69. The highest BCUT2D eigenvalue weighted by atomic mass is 16.7. The van der Waals surface area contributed by atoms with Crippen LogP contribution >= 0.6 is 0 Å². The summed E-state index contributed by atoms with van der Waals surface area (Å²) >= 11 is 0. The standard InChI is InChI=1S/C38H39N3O8/c1-41(19-22-7-5-4-6-8-22)14-13-33(42)39-24-9-11-25(12-10-24)40-36-27-18-30-29(48-21-49-30)17-26(27)34(35-28(36)20-47-38(35)44)23-15-31(45-2)37(43)32(16-23)46-3/h4-12,15-18,28,34-36,40,43H,13-14,19-21H2,1-3H3,(H,39,42)/t28-,34+,35-,36+/m0/s1. The molecule has 0 spiro atoms. The van der Waals surface area contributed by atoms with Crippen LogP contribution in [-0.4, -0.2) is 63.1 Å². The minimum atomic E-state index is -0.539. The van der Waals surface area contributed by atoms with Crippen LogP contribution in [0.4, 0.5) is 11.4 Å². The van der Waals surface area contributed by atoms with Crippen LogP contribution in [0.25, 0.3) is 0 Å². The Balaban J connectivity index is 1.12. The maximum Gasteiger partial charge on any atom is 0.310 e. The summed E-state index contributed by atoms with van der Waals surface area (Å²) in [5.41, 5.74) is 5.27. The summed E-state index contributed by atoms with van der Waals surface area (Å²) in [6.45, 7) is 1.74. The molecular weight excluding hydrogens is 626 g/mol. The number of cyclic esters (lactones) is 1. The molecular formula is C38H39N3O8. The van der Waals surface area contributed by atoms with Crippen LogP contribution in [0.1, 0.15) is 40.6 Å². The second-order valence-corrected chi connectivity index (χ2v) is 12.6. The molecule has 7 rings (SSSR count). The van der Waals surface area contributed by atoms with E-state index >= 15 is 0 Å². The summed E-state index contributed by atoms with van der Waals surface area (Å²) in [6.07, 6.45) is 0.370. The minimum Gasteiger partial charge on any atom is -0.502 e. The Labute approximate surface area is 284 Å². The van der Waals surface area contributed by atoms with Crippen molar-refractivity contribution in [3.05, 3.63) is 101 Å². The van der Waals surface area contributed by atoms with Gasteiger partial charge in [0.25, 0.3) is 0 Å². The van der Waals surface area contributed by atoms with Gasteiger partial charge in [-0.2, -0.15) is 0 Å². The Morgan fingerprint density at radius 2 is 1.55 bits per heavy atom. The lowest BCUT2D eigenvalue weighted by Crippen LogP contribution is -2.37. The molecule has 3 aliphatic rings. The highest BCUT2D eigenvalue weighted by molar-refractivity contribution is 5.91. The summed E-state index contributed by atoms with van der Waals surface area (Å²) < 4.78 is 28.2. The minimum absolute atomic E-state index is 0.0594. The van der Waals surface area contributed by atoms with E-state index in [-0.39, 0.29) is 54.5 Å². The smallest absolute Gasteiger partial charge is 0.310 e. The number of rotatable bonds is 11. The number of benzene rings is 4. The molecule has 4 aromatic carbocycles. The van der Waals surface area contributed by atoms with Gasteiger partial charge in [0.1, 0.15) is 0 Å². The average molecular weight is 666 g/mol. The highest BCUT2D eigenvalue weighted by Crippen LogP contribution is 2.56. The van der Waals surface area contributed by atoms with Gasteiger partial charge in [-0.15, -0.1) is 0 Å². The van der Waals surface area contributed by atoms with E-state index in [9.17, 15) is 14.7 Å². The molecule has 0 bridgehead atoms. The first-order valence-corrected chi connectivity index (χ1v) is 16.3. The third-order valence-electron chi connectivity index (χ3n) is 9.56. The lowest BCUT2D eigenvalue weighted by Gasteiger charge is -2.40. The molecule has 254 valence electrons. The van der Waals surface area contributed by atoms with E-state index in [2.05, 4.69) is 27.7 Å². The topological polar surface area (TPSA) is 128 Å². The summed E-state index contributed by atoms with van der Waals surface area (Å²) in [5.74, 6) is 0.0202. The number of methoxy groups -OCH3 is 2. The fraction of sp³-hybridized carbons (Fsp3) is 0.316. The van der Waals surface area contributed by atoms with Gasteiger partial charge in [0.15, 0.2) is 23.0 Å². The maximum absolute atomic E-state index is 13.5. The molecule has 0 unspecified atom stereocenters. The molecule has 4 aromatic rings. The fourth-order valence-corrected chi connectivity index (χ4v) is 7.16. The van der Waals surface area contributed by atoms with Gasteiger partial charge in [0.05, 0.1) is 32.8 Å². The number of hydrogen-bond acceptors (Lipinski definition) is 10. The van der Waals surface area contributed by atoms with Crippen molar-refractivity contribution in [2.45, 2.75) is 24.9 Å². The van der Waals surface area contributed by atoms with Gasteiger partial charge in [0.2, 0.25) is 18.4 Å². The van der Waals surface area contributed by atoms with Crippen LogP contribution in [0, 0.1) is 11.8 Å². The summed E-state index contributed by atoms with van der Waals surface area (Å²) in [6, 6.07) is 24.8. The van der Waals surface area contributed by atoms with Gasteiger partial charge in [-0.25, -0.2) is 0 Å². The number of phenolic OH excluding ortho intramolecular Hbond substituents is 1. The zero-order chi connectivity index (χ0) is 34.1. The predicted molar refractivity (Wildman–Crippen MR) is 182 cm³/mol. The van der Waals surface area contributed by atoms with E-state index in [4.69, 9.17) is 23.7 Å². The van der Waals surface area contributed by atoms with Gasteiger partial charge in [0, 0.05) is 42.7 Å². The first kappa shape index (κ1) is 32.1. The van der Waals surface area contributed by atoms with Crippen LogP contribution in [0.5, 0.6) is 28.7 Å². The number of carbonyl (C=O) groups excluding carboxylic acids is 2. The van der Waals surface area contributed by atoms with Crippen molar-refractivity contribution >= 4 is 23.3 Å². The molecule has 11 nitrogen and oxygen atoms in total. The number of carbonyl (C=O) groups is 2. The van der Waals surface area contributed by atoms with Crippen LogP contribution in [0.15, 0.2) is 78.9 Å². The number of nitrogens with one attached hydrogen (secondary N) is 2. The zero-order valence-electron chi connectivity index (χ0n) is 27.6. The Kier molecular flexibility index (Phi) is 8.92. The van der Waals surface area contributed by atoms with Crippen LogP contribution in [-0.2, 0) is 20.9 Å². The van der Waals surface area contributed by atoms with Crippen molar-refractivity contribution in [3.63, 3.8) is 0 Å². The molecule has 3 N–H and O–H groups in total. The van der Waals surface area contributed by atoms with E-state index in [1.54, 1.807) is 12.1 Å². The number of nitrogens with zero attached hydrogens (tertiary/aromatic N) is 1. The summed E-state index contributed by atoms with van der Waals surface area (Å²) in [5, 5.41) is 17.3. The lowest BCUT2D eigenvalue weighted by molar-refractivity contribution is -0.141. The van der Waals surface area contributed by atoms with Crippen molar-refractivity contribution in [1.29, 1.82) is 0 Å². The number of ether oxygens (including phenoxy) is 5. The van der Waals surface area contributed by atoms with Crippen molar-refractivity contribution < 1.29 is 38.4 Å². The molecule has 0 radical (unpaired) electrons. The third kappa shape index (κ3) is 6.41. The lowest BCUT2D eigenvalue weighted by atomic mass is 9.65. The SMILES string of the molecule is COc1cc([C@@H]2c3cc4c(cc3[C@@H](Nc3ccc(NC(=O)CCN(C)Cc5ccccc5)cc3)[C@H]3COC(=O)[C@H]23)OCO4)cc(OC)c1O. The third-order valence-corrected chi connectivity index (χ3v) is 9.56. The number of anilines is 2. The second kappa shape index (κ2) is 13.6. The van der Waals surface area contributed by atoms with Crippen molar-refractivity contribution in [1.82, 2.24) is 4.90 Å². The number of amides is 1. The number of aromatic hydroxyl groups is 1. The molecule has 2 aliphatic heterocycles. The van der Waals surface area contributed by atoms with Gasteiger partial charge >= 0.3 is 5.97 Å². The number of esters is 1. The maximum atomic E-state index is 13.5. The van der Waals surface area contributed by atoms with E-state index < -0.39 is 11.8 Å². The Hall–Kier alpha value is -5.42. The Bertz CT molecular complexity index is 1820. The second-order valence-electron chi connectivity index (χ2n) is 12.6. The molecule has 11 heteroatoms. The van der Waals surface area contributed by atoms with Crippen molar-refractivity contribution in [2.75, 3.05) is 51.8 Å². The monoisotopic (exact) mass is 665 g/mol. The molecule has 0 saturated carbocycles. The summed E-state index contributed by atoms with van der Waals surface area (Å²) in [7, 11) is 4.95. The number of hydrogen-bond donors (Lipinski definition) is 3. The van der Waals surface area contributed by atoms with Crippen molar-refractivity contribution in [2.24, 2.45) is 11.8 Å². The first-order chi connectivity index (χ1) is 23.8. The largest absolute Gasteiger partial charge is 0.502 e. The van der Waals surface area contributed by atoms with Gasteiger partial charge in [-0.05, 0) is 77.8 Å². The van der Waals surface area contributed by atoms with Gasteiger partial charge < -0.3 is 44.3 Å². The fourth-order valence-electron chi connectivity index (χ4n) is 7.16. The van der Waals surface area contributed by atoms with Crippen molar-refractivity contribution in [3.8, 4) is 28.7 Å². The van der Waals surface area contributed by atoms with E-state index in [0.29, 0.717) is 30.2 Å². The van der Waals surface area contributed by atoms with Crippen LogP contribution in [0.3, 0.4) is 0 Å². The van der Waals surface area contributed by atoms with Gasteiger partial charge in [-0.1, -0.05) is 30.3 Å². The first-order valence-electron chi connectivity index (χ1n) is 16.3. The Morgan fingerprint density at radius 3 is 2.22 bits per heavy atom. The van der Waals surface area contributed by atoms with Gasteiger partial charge in [-0.3, -0.25) is 9.59 Å². The molecule has 1 aliphatic carbocycles. The van der Waals surface area contributed by atoms with E-state index in [1.807, 2.05) is 61.6 Å². The zero-order valence-corrected chi connectivity index (χ0v) is 27.6.